The number of hydrogen-bond acceptors (Lipinski definition) is 11. The third kappa shape index (κ3) is 6.33. The summed E-state index contributed by atoms with van der Waals surface area (Å²) < 4.78 is 36.3. The number of aliphatic carboxylic acids is 1. The Hall–Kier alpha value is -3.45. The summed E-state index contributed by atoms with van der Waals surface area (Å²) in [5, 5.41) is 28.6. The van der Waals surface area contributed by atoms with E-state index >= 15 is 0 Å². The van der Waals surface area contributed by atoms with Crippen molar-refractivity contribution in [2.24, 2.45) is 0 Å². The fourth-order valence-electron chi connectivity index (χ4n) is 4.34. The predicted octanol–water partition coefficient (Wildman–Crippen LogP) is 0.353. The van der Waals surface area contributed by atoms with Crippen LogP contribution in [0, 0.1) is 0 Å². The lowest BCUT2D eigenvalue weighted by molar-refractivity contribution is -0.145. The molecule has 38 heavy (non-hydrogen) atoms. The molecule has 4 rings (SSSR count). The first-order valence-corrected chi connectivity index (χ1v) is 11.7. The number of hydrogen-bond donors (Lipinski definition) is 3. The van der Waals surface area contributed by atoms with Gasteiger partial charge >= 0.3 is 26.2 Å². The van der Waals surface area contributed by atoms with Crippen LogP contribution in [-0.2, 0) is 23.6 Å². The van der Waals surface area contributed by atoms with Crippen LogP contribution in [-0.4, -0.2) is 76.4 Å². The lowest BCUT2D eigenvalue weighted by Gasteiger charge is -2.15. The molecule has 0 radical (unpaired) electrons. The van der Waals surface area contributed by atoms with Gasteiger partial charge in [-0.05, 0) is 30.0 Å². The molecule has 0 fully saturated rings. The first kappa shape index (κ1) is 29.1. The third-order valence-corrected chi connectivity index (χ3v) is 5.99. The maximum atomic E-state index is 11.6. The Kier molecular flexibility index (Phi) is 9.86. The summed E-state index contributed by atoms with van der Waals surface area (Å²) in [4.78, 5) is 22.4. The third-order valence-electron chi connectivity index (χ3n) is 5.99. The molecule has 14 heteroatoms. The Morgan fingerprint density at radius 1 is 0.789 bits per heavy atom. The van der Waals surface area contributed by atoms with E-state index in [0.717, 1.165) is 0 Å². The SMILES string of the molecule is CCOC(=O)CC1OB(O)c2cc(OC)cc(OC)c21.COc1cc(OC)c2c(c1)B(O)OC2CC(=O)O. The summed E-state index contributed by atoms with van der Waals surface area (Å²) in [5.74, 6) is 0.662. The molecule has 0 spiro atoms. The molecule has 2 aromatic carbocycles. The number of carbonyl (C=O) groups excluding carboxylic acids is 1. The van der Waals surface area contributed by atoms with Crippen LogP contribution in [0.1, 0.15) is 43.1 Å². The van der Waals surface area contributed by atoms with Crippen molar-refractivity contribution in [1.82, 2.24) is 0 Å². The quantitative estimate of drug-likeness (QED) is 0.301. The number of methoxy groups -OCH3 is 4. The molecule has 0 saturated carbocycles. The minimum absolute atomic E-state index is 0.0284. The van der Waals surface area contributed by atoms with Gasteiger partial charge in [-0.2, -0.15) is 0 Å². The molecule has 204 valence electrons. The number of fused-ring (bicyclic) bond motifs is 2. The van der Waals surface area contributed by atoms with Crippen LogP contribution in [0.2, 0.25) is 0 Å². The molecule has 2 atom stereocenters. The second kappa shape index (κ2) is 12.9. The molecule has 0 aromatic heterocycles. The first-order valence-electron chi connectivity index (χ1n) is 11.7. The van der Waals surface area contributed by atoms with E-state index in [0.29, 0.717) is 51.7 Å². The van der Waals surface area contributed by atoms with Crippen LogP contribution in [0.4, 0.5) is 0 Å². The Bertz CT molecular complexity index is 1160. The van der Waals surface area contributed by atoms with Gasteiger partial charge in [-0.25, -0.2) is 0 Å². The number of benzene rings is 2. The van der Waals surface area contributed by atoms with E-state index in [2.05, 4.69) is 0 Å². The van der Waals surface area contributed by atoms with Crippen molar-refractivity contribution < 1.29 is 57.7 Å². The average molecular weight is 532 g/mol. The Morgan fingerprint density at radius 2 is 1.24 bits per heavy atom. The second-order valence-electron chi connectivity index (χ2n) is 8.23. The fourth-order valence-corrected chi connectivity index (χ4v) is 4.34. The normalized spacial score (nSPS) is 17.1. The molecule has 0 saturated heterocycles. The van der Waals surface area contributed by atoms with Crippen LogP contribution < -0.4 is 29.9 Å². The van der Waals surface area contributed by atoms with Gasteiger partial charge in [0.25, 0.3) is 0 Å². The fraction of sp³-hybridized carbons (Fsp3) is 0.417. The first-order chi connectivity index (χ1) is 18.2. The Balaban J connectivity index is 0.000000212. The molecule has 0 aliphatic carbocycles. The van der Waals surface area contributed by atoms with Crippen molar-refractivity contribution in [2.45, 2.75) is 32.0 Å². The van der Waals surface area contributed by atoms with Crippen LogP contribution >= 0.6 is 0 Å². The highest BCUT2D eigenvalue weighted by Gasteiger charge is 2.40. The molecule has 2 unspecified atom stereocenters. The lowest BCUT2D eigenvalue weighted by atomic mass is 9.78. The standard InChI is InChI=1S/C13H17BO6.C11H13BO6/c1-4-19-12(15)7-11-13-9(14(16)20-11)5-8(17-2)6-10(13)18-3;1-16-6-3-7-11(8(4-6)17-2)9(5-10(13)14)18-12(7)15/h5-6,11,16H,4,7H2,1-3H3;3-4,9,15H,5H2,1-2H3,(H,13,14). The van der Waals surface area contributed by atoms with Crippen LogP contribution in [0.5, 0.6) is 23.0 Å². The summed E-state index contributed by atoms with van der Waals surface area (Å²) in [6.45, 7) is 2.04. The van der Waals surface area contributed by atoms with E-state index in [4.69, 9.17) is 38.1 Å². The largest absolute Gasteiger partial charge is 0.497 e. The van der Waals surface area contributed by atoms with Gasteiger partial charge in [0.05, 0.1) is 60.1 Å². The van der Waals surface area contributed by atoms with Crippen molar-refractivity contribution in [3.63, 3.8) is 0 Å². The van der Waals surface area contributed by atoms with E-state index in [9.17, 15) is 19.6 Å². The zero-order chi connectivity index (χ0) is 28.0. The zero-order valence-corrected chi connectivity index (χ0v) is 21.8. The molecule has 2 aromatic rings. The van der Waals surface area contributed by atoms with Gasteiger partial charge < -0.3 is 48.1 Å². The number of esters is 1. The molecule has 3 N–H and O–H groups in total. The molecule has 12 nitrogen and oxygen atoms in total. The highest BCUT2D eigenvalue weighted by molar-refractivity contribution is 6.62. The van der Waals surface area contributed by atoms with Gasteiger partial charge in [0.15, 0.2) is 0 Å². The molecule has 0 amide bonds. The van der Waals surface area contributed by atoms with E-state index in [1.807, 2.05) is 0 Å². The van der Waals surface area contributed by atoms with Gasteiger partial charge in [-0.15, -0.1) is 0 Å². The zero-order valence-electron chi connectivity index (χ0n) is 21.8. The van der Waals surface area contributed by atoms with Crippen LogP contribution in [0.25, 0.3) is 0 Å². The highest BCUT2D eigenvalue weighted by Crippen LogP contribution is 2.37. The van der Waals surface area contributed by atoms with Crippen LogP contribution in [0.15, 0.2) is 24.3 Å². The van der Waals surface area contributed by atoms with Gasteiger partial charge in [0.2, 0.25) is 0 Å². The molecule has 2 aliphatic rings. The van der Waals surface area contributed by atoms with Gasteiger partial charge in [0, 0.05) is 23.3 Å². The minimum atomic E-state index is -1.16. The average Bonchev–Trinajstić information content (AvgIpc) is 3.38. The van der Waals surface area contributed by atoms with E-state index in [1.54, 1.807) is 31.2 Å². The van der Waals surface area contributed by atoms with E-state index < -0.39 is 32.4 Å². The van der Waals surface area contributed by atoms with Crippen molar-refractivity contribution in [2.75, 3.05) is 35.0 Å². The predicted molar refractivity (Wildman–Crippen MR) is 135 cm³/mol. The summed E-state index contributed by atoms with van der Waals surface area (Å²) in [7, 11) is 3.75. The number of rotatable bonds is 9. The molecular formula is C24H30B2O12. The molecule has 2 aliphatic heterocycles. The van der Waals surface area contributed by atoms with Crippen molar-refractivity contribution in [1.29, 1.82) is 0 Å². The van der Waals surface area contributed by atoms with Gasteiger partial charge in [-0.1, -0.05) is 0 Å². The number of carbonyl (C=O) groups is 2. The van der Waals surface area contributed by atoms with Crippen molar-refractivity contribution in [3.8, 4) is 23.0 Å². The summed E-state index contributed by atoms with van der Waals surface area (Å²) >= 11 is 0. The second-order valence-corrected chi connectivity index (χ2v) is 8.23. The summed E-state index contributed by atoms with van der Waals surface area (Å²) in [5.41, 5.74) is 2.26. The molecular weight excluding hydrogens is 502 g/mol. The van der Waals surface area contributed by atoms with Gasteiger partial charge in [-0.3, -0.25) is 9.59 Å². The van der Waals surface area contributed by atoms with Crippen molar-refractivity contribution in [3.05, 3.63) is 35.4 Å². The maximum absolute atomic E-state index is 11.6. The maximum Gasteiger partial charge on any atom is 0.492 e. The van der Waals surface area contributed by atoms with E-state index in [1.165, 1.54) is 28.4 Å². The van der Waals surface area contributed by atoms with E-state index in [-0.39, 0.29) is 18.8 Å². The Labute approximate surface area is 220 Å². The topological polar surface area (TPSA) is 159 Å². The minimum Gasteiger partial charge on any atom is -0.497 e. The highest BCUT2D eigenvalue weighted by atomic mass is 16.6. The number of carboxylic acid groups (broad SMARTS) is 1. The lowest BCUT2D eigenvalue weighted by Crippen LogP contribution is -2.28. The molecule has 2 heterocycles. The smallest absolute Gasteiger partial charge is 0.492 e. The van der Waals surface area contributed by atoms with Crippen molar-refractivity contribution >= 4 is 37.1 Å². The summed E-state index contributed by atoms with van der Waals surface area (Å²) in [6.07, 6.45) is -1.50. The number of ether oxygens (including phenoxy) is 5. The molecule has 0 bridgehead atoms. The Morgan fingerprint density at radius 3 is 1.61 bits per heavy atom. The van der Waals surface area contributed by atoms with Crippen LogP contribution in [0.3, 0.4) is 0 Å². The van der Waals surface area contributed by atoms with Gasteiger partial charge in [0.1, 0.15) is 23.0 Å². The summed E-state index contributed by atoms with van der Waals surface area (Å²) in [6, 6.07) is 6.62. The monoisotopic (exact) mass is 532 g/mol. The number of carboxylic acids is 1.